The quantitative estimate of drug-likeness (QED) is 0.802. The van der Waals surface area contributed by atoms with Crippen LogP contribution in [0.4, 0.5) is 0 Å². The van der Waals surface area contributed by atoms with Crippen LogP contribution in [-0.2, 0) is 11.3 Å². The first-order valence-electron chi connectivity index (χ1n) is 5.91. The summed E-state index contributed by atoms with van der Waals surface area (Å²) >= 11 is 0. The molecule has 0 N–H and O–H groups in total. The fourth-order valence-corrected chi connectivity index (χ4v) is 2.06. The number of rotatable bonds is 3. The molecule has 1 fully saturated rings. The first kappa shape index (κ1) is 10.3. The largest absolute Gasteiger partial charge is 0.341 e. The highest BCUT2D eigenvalue weighted by Crippen LogP contribution is 2.25. The third-order valence-corrected chi connectivity index (χ3v) is 3.32. The van der Waals surface area contributed by atoms with Gasteiger partial charge in [-0.05, 0) is 25.0 Å². The lowest BCUT2D eigenvalue weighted by Crippen LogP contribution is -2.31. The first-order valence-corrected chi connectivity index (χ1v) is 5.91. The molecule has 1 aliphatic rings. The number of carbonyl (C=O) groups is 1. The van der Waals surface area contributed by atoms with E-state index in [9.17, 15) is 4.79 Å². The fourth-order valence-electron chi connectivity index (χ4n) is 2.06. The molecule has 0 spiro atoms. The molecule has 17 heavy (non-hydrogen) atoms. The highest BCUT2D eigenvalue weighted by atomic mass is 16.2. The molecular weight excluding hydrogens is 214 g/mol. The Hall–Kier alpha value is -1.84. The minimum atomic E-state index is 0.163. The van der Waals surface area contributed by atoms with E-state index in [0.29, 0.717) is 12.6 Å². The number of para-hydroxylation sites is 2. The summed E-state index contributed by atoms with van der Waals surface area (Å²) in [4.78, 5) is 18.2. The van der Waals surface area contributed by atoms with E-state index in [4.69, 9.17) is 0 Å². The summed E-state index contributed by atoms with van der Waals surface area (Å²) in [6, 6.07) is 8.35. The van der Waals surface area contributed by atoms with Crippen LogP contribution >= 0.6 is 0 Å². The summed E-state index contributed by atoms with van der Waals surface area (Å²) in [6.45, 7) is 0.382. The predicted octanol–water partition coefficient (Wildman–Crippen LogP) is 1.66. The van der Waals surface area contributed by atoms with Gasteiger partial charge in [-0.15, -0.1) is 0 Å². The van der Waals surface area contributed by atoms with E-state index in [1.807, 2.05) is 40.8 Å². The average molecular weight is 229 g/mol. The third-order valence-electron chi connectivity index (χ3n) is 3.32. The van der Waals surface area contributed by atoms with Gasteiger partial charge in [0.25, 0.3) is 0 Å². The molecule has 0 saturated heterocycles. The Labute approximate surface area is 99.9 Å². The summed E-state index contributed by atoms with van der Waals surface area (Å²) in [7, 11) is 1.89. The van der Waals surface area contributed by atoms with Crippen molar-refractivity contribution < 1.29 is 4.79 Å². The molecule has 4 nitrogen and oxygen atoms in total. The molecule has 1 aliphatic carbocycles. The number of hydrogen-bond donors (Lipinski definition) is 0. The van der Waals surface area contributed by atoms with Crippen LogP contribution < -0.4 is 0 Å². The second-order valence-corrected chi connectivity index (χ2v) is 4.60. The van der Waals surface area contributed by atoms with Crippen molar-refractivity contribution in [2.24, 2.45) is 0 Å². The number of imidazole rings is 1. The van der Waals surface area contributed by atoms with E-state index < -0.39 is 0 Å². The van der Waals surface area contributed by atoms with Crippen LogP contribution in [0.25, 0.3) is 11.0 Å². The maximum atomic E-state index is 12.0. The van der Waals surface area contributed by atoms with Crippen LogP contribution in [0.15, 0.2) is 30.6 Å². The maximum Gasteiger partial charge on any atom is 0.242 e. The number of nitrogens with zero attached hydrogens (tertiary/aromatic N) is 3. The second kappa shape index (κ2) is 3.87. The van der Waals surface area contributed by atoms with Crippen LogP contribution in [0.3, 0.4) is 0 Å². The molecule has 4 heteroatoms. The number of likely N-dealkylation sites (N-methyl/N-ethyl adjacent to an activating group) is 1. The SMILES string of the molecule is CN(C(=O)Cn1cnc2ccccc21)C1CC1. The maximum absolute atomic E-state index is 12.0. The first-order chi connectivity index (χ1) is 8.25. The lowest BCUT2D eigenvalue weighted by atomic mass is 10.3. The van der Waals surface area contributed by atoms with Gasteiger partial charge >= 0.3 is 0 Å². The van der Waals surface area contributed by atoms with Gasteiger partial charge in [-0.1, -0.05) is 12.1 Å². The molecule has 1 saturated carbocycles. The minimum absolute atomic E-state index is 0.163. The number of carbonyl (C=O) groups excluding carboxylic acids is 1. The summed E-state index contributed by atoms with van der Waals surface area (Å²) in [6.07, 6.45) is 4.03. The zero-order chi connectivity index (χ0) is 11.8. The Morgan fingerprint density at radius 1 is 1.47 bits per heavy atom. The highest BCUT2D eigenvalue weighted by Gasteiger charge is 2.29. The number of hydrogen-bond acceptors (Lipinski definition) is 2. The van der Waals surface area contributed by atoms with Gasteiger partial charge in [-0.3, -0.25) is 4.79 Å². The van der Waals surface area contributed by atoms with Gasteiger partial charge in [0.15, 0.2) is 0 Å². The highest BCUT2D eigenvalue weighted by molar-refractivity contribution is 5.80. The normalized spacial score (nSPS) is 15.1. The van der Waals surface area contributed by atoms with Gasteiger partial charge in [0.1, 0.15) is 6.54 Å². The summed E-state index contributed by atoms with van der Waals surface area (Å²) < 4.78 is 1.91. The molecule has 0 radical (unpaired) electrons. The molecule has 0 bridgehead atoms. The zero-order valence-electron chi connectivity index (χ0n) is 9.84. The van der Waals surface area contributed by atoms with Crippen molar-refractivity contribution in [3.05, 3.63) is 30.6 Å². The molecule has 2 aromatic rings. The van der Waals surface area contributed by atoms with Crippen LogP contribution in [-0.4, -0.2) is 33.4 Å². The third kappa shape index (κ3) is 1.90. The number of amides is 1. The number of benzene rings is 1. The van der Waals surface area contributed by atoms with Crippen molar-refractivity contribution in [1.29, 1.82) is 0 Å². The fraction of sp³-hybridized carbons (Fsp3) is 0.385. The minimum Gasteiger partial charge on any atom is -0.341 e. The van der Waals surface area contributed by atoms with Crippen LogP contribution in [0.5, 0.6) is 0 Å². The second-order valence-electron chi connectivity index (χ2n) is 4.60. The smallest absolute Gasteiger partial charge is 0.242 e. The predicted molar refractivity (Wildman–Crippen MR) is 65.5 cm³/mol. The summed E-state index contributed by atoms with van der Waals surface area (Å²) in [5.41, 5.74) is 1.96. The Morgan fingerprint density at radius 2 is 2.24 bits per heavy atom. The molecule has 88 valence electrons. The van der Waals surface area contributed by atoms with Crippen LogP contribution in [0, 0.1) is 0 Å². The molecule has 3 rings (SSSR count). The van der Waals surface area contributed by atoms with Gasteiger partial charge in [0.2, 0.25) is 5.91 Å². The van der Waals surface area contributed by atoms with E-state index in [2.05, 4.69) is 4.98 Å². The molecule has 0 aliphatic heterocycles. The molecule has 1 amide bonds. The van der Waals surface area contributed by atoms with Crippen molar-refractivity contribution >= 4 is 16.9 Å². The Kier molecular flexibility index (Phi) is 2.35. The lowest BCUT2D eigenvalue weighted by Gasteiger charge is -2.16. The molecular formula is C13H15N3O. The Bertz CT molecular complexity index is 557. The van der Waals surface area contributed by atoms with Gasteiger partial charge < -0.3 is 9.47 Å². The molecule has 0 atom stereocenters. The molecule has 1 heterocycles. The number of aromatic nitrogens is 2. The zero-order valence-corrected chi connectivity index (χ0v) is 9.84. The van der Waals surface area contributed by atoms with Crippen molar-refractivity contribution in [3.8, 4) is 0 Å². The van der Waals surface area contributed by atoms with Crippen LogP contribution in [0.2, 0.25) is 0 Å². The monoisotopic (exact) mass is 229 g/mol. The molecule has 1 aromatic carbocycles. The van der Waals surface area contributed by atoms with E-state index in [-0.39, 0.29) is 5.91 Å². The van der Waals surface area contributed by atoms with Crippen molar-refractivity contribution in [2.75, 3.05) is 7.05 Å². The molecule has 1 aromatic heterocycles. The van der Waals surface area contributed by atoms with Crippen LogP contribution in [0.1, 0.15) is 12.8 Å². The van der Waals surface area contributed by atoms with E-state index >= 15 is 0 Å². The topological polar surface area (TPSA) is 38.1 Å². The molecule has 0 unspecified atom stereocenters. The number of fused-ring (bicyclic) bond motifs is 1. The van der Waals surface area contributed by atoms with Gasteiger partial charge in [-0.25, -0.2) is 4.98 Å². The standard InChI is InChI=1S/C13H15N3O/c1-15(10-6-7-10)13(17)8-16-9-14-11-4-2-3-5-12(11)16/h2-5,9-10H,6-8H2,1H3. The van der Waals surface area contributed by atoms with E-state index in [1.54, 1.807) is 6.33 Å². The summed E-state index contributed by atoms with van der Waals surface area (Å²) in [5, 5.41) is 0. The van der Waals surface area contributed by atoms with Crippen molar-refractivity contribution in [1.82, 2.24) is 14.5 Å². The average Bonchev–Trinajstić information content (AvgIpc) is 3.12. The van der Waals surface area contributed by atoms with Gasteiger partial charge in [-0.2, -0.15) is 0 Å². The van der Waals surface area contributed by atoms with Gasteiger partial charge in [0.05, 0.1) is 17.4 Å². The Morgan fingerprint density at radius 3 is 3.00 bits per heavy atom. The lowest BCUT2D eigenvalue weighted by molar-refractivity contribution is -0.130. The van der Waals surface area contributed by atoms with E-state index in [0.717, 1.165) is 23.9 Å². The van der Waals surface area contributed by atoms with E-state index in [1.165, 1.54) is 0 Å². The summed E-state index contributed by atoms with van der Waals surface area (Å²) in [5.74, 6) is 0.163. The van der Waals surface area contributed by atoms with Crippen molar-refractivity contribution in [3.63, 3.8) is 0 Å². The Balaban J connectivity index is 1.82. The van der Waals surface area contributed by atoms with Gasteiger partial charge in [0, 0.05) is 13.1 Å². The van der Waals surface area contributed by atoms with Crippen molar-refractivity contribution in [2.45, 2.75) is 25.4 Å².